The molecule has 7 nitrogen and oxygen atoms in total. The lowest BCUT2D eigenvalue weighted by Gasteiger charge is -2.34. The van der Waals surface area contributed by atoms with Gasteiger partial charge in [0.1, 0.15) is 12.6 Å². The molecule has 0 saturated heterocycles. The van der Waals surface area contributed by atoms with Gasteiger partial charge in [-0.3, -0.25) is 13.9 Å². The van der Waals surface area contributed by atoms with E-state index in [4.69, 9.17) is 23.2 Å². The molecule has 2 atom stereocenters. The van der Waals surface area contributed by atoms with E-state index in [2.05, 4.69) is 5.32 Å². The molecule has 1 N–H and O–H groups in total. The number of halogens is 2. The SMILES string of the molecule is CC[C@H](C(=O)N[C@@H](C)CC)N(Cc1ccc(Cl)cc1Cl)C(=O)CN(c1cccc(C)c1)S(=O)(=O)c1ccc(C)cc1. The van der Waals surface area contributed by atoms with Crippen molar-refractivity contribution in [1.29, 1.82) is 0 Å². The Morgan fingerprint density at radius 2 is 1.59 bits per heavy atom. The maximum atomic E-state index is 14.2. The molecule has 0 aliphatic carbocycles. The summed E-state index contributed by atoms with van der Waals surface area (Å²) in [6.45, 7) is 8.85. The van der Waals surface area contributed by atoms with Gasteiger partial charge >= 0.3 is 0 Å². The van der Waals surface area contributed by atoms with Gasteiger partial charge in [-0.25, -0.2) is 8.42 Å². The summed E-state index contributed by atoms with van der Waals surface area (Å²) in [6, 6.07) is 17.4. The van der Waals surface area contributed by atoms with E-state index in [9.17, 15) is 18.0 Å². The van der Waals surface area contributed by atoms with Gasteiger partial charge in [0.15, 0.2) is 0 Å². The highest BCUT2D eigenvalue weighted by Crippen LogP contribution is 2.27. The third-order valence-electron chi connectivity index (χ3n) is 6.92. The lowest BCUT2D eigenvalue weighted by atomic mass is 10.1. The van der Waals surface area contributed by atoms with E-state index in [-0.39, 0.29) is 23.4 Å². The second kappa shape index (κ2) is 14.2. The minimum Gasteiger partial charge on any atom is -0.352 e. The quantitative estimate of drug-likeness (QED) is 0.250. The van der Waals surface area contributed by atoms with Gasteiger partial charge in [-0.15, -0.1) is 0 Å². The van der Waals surface area contributed by atoms with E-state index in [0.29, 0.717) is 27.7 Å². The zero-order chi connectivity index (χ0) is 30.3. The zero-order valence-corrected chi connectivity index (χ0v) is 26.4. The van der Waals surface area contributed by atoms with E-state index >= 15 is 0 Å². The monoisotopic (exact) mass is 617 g/mol. The van der Waals surface area contributed by atoms with Crippen molar-refractivity contribution in [2.45, 2.75) is 71.0 Å². The lowest BCUT2D eigenvalue weighted by Crippen LogP contribution is -2.53. The highest BCUT2D eigenvalue weighted by molar-refractivity contribution is 7.92. The number of aryl methyl sites for hydroxylation is 2. The third kappa shape index (κ3) is 8.24. The Labute approximate surface area is 253 Å². The molecule has 0 bridgehead atoms. The fourth-order valence-electron chi connectivity index (χ4n) is 4.34. The van der Waals surface area contributed by atoms with Gasteiger partial charge in [-0.2, -0.15) is 0 Å². The van der Waals surface area contributed by atoms with Crippen molar-refractivity contribution in [2.75, 3.05) is 10.8 Å². The maximum absolute atomic E-state index is 14.2. The van der Waals surface area contributed by atoms with Crippen LogP contribution in [0, 0.1) is 13.8 Å². The topological polar surface area (TPSA) is 86.8 Å². The molecule has 3 rings (SSSR count). The molecule has 0 aliphatic rings. The standard InChI is InChI=1S/C31H37Cl2N3O4S/c1-6-23(5)34-31(38)29(7-2)35(19-24-13-14-25(32)18-28(24)33)30(37)20-36(26-10-8-9-22(4)17-26)41(39,40)27-15-11-21(3)12-16-27/h8-18,23,29H,6-7,19-20H2,1-5H3,(H,34,38)/t23-,29+/m0/s1. The minimum atomic E-state index is -4.14. The fourth-order valence-corrected chi connectivity index (χ4v) is 6.22. The second-order valence-electron chi connectivity index (χ2n) is 10.2. The summed E-state index contributed by atoms with van der Waals surface area (Å²) in [5.74, 6) is -0.858. The molecule has 220 valence electrons. The molecule has 0 saturated carbocycles. The average Bonchev–Trinajstić information content (AvgIpc) is 2.92. The first-order chi connectivity index (χ1) is 19.4. The molecule has 3 aromatic carbocycles. The van der Waals surface area contributed by atoms with Crippen LogP contribution in [0.4, 0.5) is 5.69 Å². The number of nitrogens with one attached hydrogen (secondary N) is 1. The minimum absolute atomic E-state index is 0.00644. The largest absolute Gasteiger partial charge is 0.352 e. The maximum Gasteiger partial charge on any atom is 0.264 e. The number of anilines is 1. The molecule has 2 amide bonds. The summed E-state index contributed by atoms with van der Waals surface area (Å²) in [7, 11) is -4.14. The molecule has 0 spiro atoms. The molecule has 10 heteroatoms. The van der Waals surface area contributed by atoms with Gasteiger partial charge in [0.25, 0.3) is 10.0 Å². The number of carbonyl (C=O) groups excluding carboxylic acids is 2. The first-order valence-corrected chi connectivity index (χ1v) is 15.8. The fraction of sp³-hybridized carbons (Fsp3) is 0.355. The predicted octanol–water partition coefficient (Wildman–Crippen LogP) is 6.53. The molecule has 0 radical (unpaired) electrons. The van der Waals surface area contributed by atoms with Crippen molar-refractivity contribution in [2.24, 2.45) is 0 Å². The van der Waals surface area contributed by atoms with Crippen LogP contribution >= 0.6 is 23.2 Å². The van der Waals surface area contributed by atoms with Gasteiger partial charge in [0, 0.05) is 22.6 Å². The van der Waals surface area contributed by atoms with Crippen LogP contribution in [0.5, 0.6) is 0 Å². The second-order valence-corrected chi connectivity index (χ2v) is 12.9. The van der Waals surface area contributed by atoms with Crippen LogP contribution in [-0.4, -0.2) is 43.8 Å². The Hall–Kier alpha value is -3.07. The Kier molecular flexibility index (Phi) is 11.2. The molecule has 3 aromatic rings. The molecule has 0 unspecified atom stereocenters. The van der Waals surface area contributed by atoms with Crippen molar-refractivity contribution < 1.29 is 18.0 Å². The number of benzene rings is 3. The summed E-state index contributed by atoms with van der Waals surface area (Å²) >= 11 is 12.6. The van der Waals surface area contributed by atoms with Crippen molar-refractivity contribution in [1.82, 2.24) is 10.2 Å². The van der Waals surface area contributed by atoms with Crippen molar-refractivity contribution in [3.63, 3.8) is 0 Å². The highest BCUT2D eigenvalue weighted by atomic mass is 35.5. The van der Waals surface area contributed by atoms with Crippen LogP contribution < -0.4 is 9.62 Å². The first kappa shape index (κ1) is 32.4. The number of rotatable bonds is 12. The Morgan fingerprint density at radius 3 is 2.17 bits per heavy atom. The van der Waals surface area contributed by atoms with Crippen molar-refractivity contribution in [3.05, 3.63) is 93.5 Å². The van der Waals surface area contributed by atoms with Gasteiger partial charge in [-0.05, 0) is 81.1 Å². The van der Waals surface area contributed by atoms with Gasteiger partial charge in [0.05, 0.1) is 10.6 Å². The molecule has 0 fully saturated rings. The molecular weight excluding hydrogens is 581 g/mol. The van der Waals surface area contributed by atoms with Crippen LogP contribution in [0.2, 0.25) is 10.0 Å². The molecule has 0 heterocycles. The number of nitrogens with zero attached hydrogens (tertiary/aromatic N) is 2. The molecule has 0 aromatic heterocycles. The van der Waals surface area contributed by atoms with Gasteiger partial charge in [0.2, 0.25) is 11.8 Å². The van der Waals surface area contributed by atoms with Crippen LogP contribution in [0.15, 0.2) is 71.6 Å². The van der Waals surface area contributed by atoms with Crippen molar-refractivity contribution >= 4 is 50.7 Å². The summed E-state index contributed by atoms with van der Waals surface area (Å²) in [5, 5.41) is 3.74. The van der Waals surface area contributed by atoms with Crippen LogP contribution in [0.1, 0.15) is 50.3 Å². The van der Waals surface area contributed by atoms with Crippen LogP contribution in [0.3, 0.4) is 0 Å². The highest BCUT2D eigenvalue weighted by Gasteiger charge is 2.34. The normalized spacial score (nSPS) is 12.9. The zero-order valence-electron chi connectivity index (χ0n) is 24.0. The summed E-state index contributed by atoms with van der Waals surface area (Å²) in [6.07, 6.45) is 1.03. The summed E-state index contributed by atoms with van der Waals surface area (Å²) in [4.78, 5) is 29.0. The van der Waals surface area contributed by atoms with Crippen LogP contribution in [-0.2, 0) is 26.2 Å². The Balaban J connectivity index is 2.08. The van der Waals surface area contributed by atoms with Crippen LogP contribution in [0.25, 0.3) is 0 Å². The van der Waals surface area contributed by atoms with E-state index in [1.54, 1.807) is 48.5 Å². The molecular formula is C31H37Cl2N3O4S. The predicted molar refractivity (Wildman–Crippen MR) is 166 cm³/mol. The summed E-state index contributed by atoms with van der Waals surface area (Å²) < 4.78 is 29.0. The number of amides is 2. The van der Waals surface area contributed by atoms with Gasteiger partial charge < -0.3 is 10.2 Å². The lowest BCUT2D eigenvalue weighted by molar-refractivity contribution is -0.140. The van der Waals surface area contributed by atoms with Crippen molar-refractivity contribution in [3.8, 4) is 0 Å². The van der Waals surface area contributed by atoms with Gasteiger partial charge in [-0.1, -0.05) is 72.9 Å². The van der Waals surface area contributed by atoms with E-state index in [1.165, 1.54) is 17.0 Å². The summed E-state index contributed by atoms with van der Waals surface area (Å²) in [5.41, 5.74) is 2.68. The van der Waals surface area contributed by atoms with E-state index < -0.39 is 28.5 Å². The first-order valence-electron chi connectivity index (χ1n) is 13.6. The smallest absolute Gasteiger partial charge is 0.264 e. The molecule has 0 aliphatic heterocycles. The number of sulfonamides is 1. The number of hydrogen-bond acceptors (Lipinski definition) is 4. The number of hydrogen-bond donors (Lipinski definition) is 1. The van der Waals surface area contributed by atoms with E-state index in [1.807, 2.05) is 40.7 Å². The van der Waals surface area contributed by atoms with E-state index in [0.717, 1.165) is 21.9 Å². The average molecular weight is 619 g/mol. The Morgan fingerprint density at radius 1 is 0.902 bits per heavy atom. The number of carbonyl (C=O) groups is 2. The third-order valence-corrected chi connectivity index (χ3v) is 9.30. The Bertz CT molecular complexity index is 1480. The molecule has 41 heavy (non-hydrogen) atoms.